The molecule has 30 heavy (non-hydrogen) atoms. The van der Waals surface area contributed by atoms with Crippen molar-refractivity contribution >= 4 is 18.0 Å². The number of rotatable bonds is 8. The van der Waals surface area contributed by atoms with Gasteiger partial charge in [0.2, 0.25) is 0 Å². The summed E-state index contributed by atoms with van der Waals surface area (Å²) in [6.07, 6.45) is 2.75. The van der Waals surface area contributed by atoms with Crippen LogP contribution in [0.25, 0.3) is 0 Å². The minimum absolute atomic E-state index is 0.0908. The first-order valence-corrected chi connectivity index (χ1v) is 9.40. The third-order valence-electron chi connectivity index (χ3n) is 5.02. The van der Waals surface area contributed by atoms with Crippen molar-refractivity contribution in [1.82, 2.24) is 5.06 Å². The fraction of sp³-hybridized carbons (Fsp3) is 0.526. The quantitative estimate of drug-likeness (QED) is 0.491. The number of nitrogens with zero attached hydrogens (tertiary/aromatic N) is 2. The van der Waals surface area contributed by atoms with E-state index in [9.17, 15) is 29.6 Å². The van der Waals surface area contributed by atoms with Crippen molar-refractivity contribution in [1.29, 1.82) is 0 Å². The molecule has 1 N–H and O–H groups in total. The molecule has 0 spiro atoms. The fourth-order valence-corrected chi connectivity index (χ4v) is 3.57. The number of aliphatic carboxylic acids is 1. The molecule has 11 heteroatoms. The second-order valence-electron chi connectivity index (χ2n) is 7.21. The van der Waals surface area contributed by atoms with E-state index >= 15 is 0 Å². The smallest absolute Gasteiger partial charge is 0.443 e. The first-order chi connectivity index (χ1) is 14.2. The Labute approximate surface area is 172 Å². The predicted octanol–water partition coefficient (Wildman–Crippen LogP) is 2.96. The lowest BCUT2D eigenvalue weighted by atomic mass is 9.71. The van der Waals surface area contributed by atoms with Gasteiger partial charge in [-0.2, -0.15) is 0 Å². The Morgan fingerprint density at radius 2 is 1.80 bits per heavy atom. The number of carbonyl (C=O) groups is 3. The van der Waals surface area contributed by atoms with Crippen LogP contribution in [-0.4, -0.2) is 46.9 Å². The molecule has 1 saturated carbocycles. The maximum Gasteiger partial charge on any atom is 0.443 e. The molecule has 0 atom stereocenters. The van der Waals surface area contributed by atoms with Crippen LogP contribution in [0.1, 0.15) is 54.4 Å². The summed E-state index contributed by atoms with van der Waals surface area (Å²) < 4.78 is 4.70. The topological polar surface area (TPSA) is 146 Å². The standard InChI is InChI=1S/C19H24N2O9/c1-28-18(25)20(13-19(11-16(22)23)9-3-2-4-10-19)30-17(24)15-7-5-14(6-8-15)12-29-21(26)27/h5-8H,2-4,9-13H2,1H3,(H,22,23). The second-order valence-corrected chi connectivity index (χ2v) is 7.21. The number of hydrogen-bond donors (Lipinski definition) is 1. The van der Waals surface area contributed by atoms with Crippen LogP contribution in [0.5, 0.6) is 0 Å². The molecule has 2 rings (SSSR count). The van der Waals surface area contributed by atoms with Crippen molar-refractivity contribution in [3.63, 3.8) is 0 Å². The van der Waals surface area contributed by atoms with Crippen LogP contribution in [0.2, 0.25) is 0 Å². The summed E-state index contributed by atoms with van der Waals surface area (Å²) in [6, 6.07) is 5.67. The number of hydroxylamine groups is 2. The molecule has 0 saturated heterocycles. The second kappa shape index (κ2) is 10.4. The number of carbonyl (C=O) groups excluding carboxylic acids is 2. The highest BCUT2D eigenvalue weighted by Crippen LogP contribution is 2.40. The Bertz CT molecular complexity index is 773. The molecular formula is C19H24N2O9. The van der Waals surface area contributed by atoms with Crippen molar-refractivity contribution in [3.05, 3.63) is 45.5 Å². The van der Waals surface area contributed by atoms with Crippen molar-refractivity contribution in [2.75, 3.05) is 13.7 Å². The van der Waals surface area contributed by atoms with E-state index in [0.29, 0.717) is 18.4 Å². The predicted molar refractivity (Wildman–Crippen MR) is 101 cm³/mol. The van der Waals surface area contributed by atoms with Gasteiger partial charge in [-0.15, -0.1) is 15.2 Å². The van der Waals surface area contributed by atoms with Gasteiger partial charge >= 0.3 is 18.0 Å². The van der Waals surface area contributed by atoms with Crippen LogP contribution < -0.4 is 0 Å². The summed E-state index contributed by atoms with van der Waals surface area (Å²) in [5, 5.41) is 19.4. The van der Waals surface area contributed by atoms with Crippen LogP contribution in [0, 0.1) is 15.5 Å². The molecule has 11 nitrogen and oxygen atoms in total. The lowest BCUT2D eigenvalue weighted by molar-refractivity contribution is -0.763. The zero-order valence-electron chi connectivity index (χ0n) is 16.6. The minimum Gasteiger partial charge on any atom is -0.481 e. The van der Waals surface area contributed by atoms with Crippen molar-refractivity contribution in [2.24, 2.45) is 5.41 Å². The van der Waals surface area contributed by atoms with Gasteiger partial charge in [-0.05, 0) is 30.5 Å². The Balaban J connectivity index is 2.11. The van der Waals surface area contributed by atoms with Crippen molar-refractivity contribution < 1.29 is 39.0 Å². The van der Waals surface area contributed by atoms with Crippen LogP contribution in [0.15, 0.2) is 24.3 Å². The molecule has 0 aromatic heterocycles. The zero-order chi connectivity index (χ0) is 22.1. The molecule has 1 aliphatic carbocycles. The first kappa shape index (κ1) is 22.9. The highest BCUT2D eigenvalue weighted by atomic mass is 16.9. The lowest BCUT2D eigenvalue weighted by Crippen LogP contribution is -2.44. The average Bonchev–Trinajstić information content (AvgIpc) is 2.71. The van der Waals surface area contributed by atoms with Crippen LogP contribution >= 0.6 is 0 Å². The summed E-state index contributed by atoms with van der Waals surface area (Å²) in [7, 11) is 1.14. The van der Waals surface area contributed by atoms with Crippen LogP contribution in [-0.2, 0) is 25.8 Å². The molecule has 164 valence electrons. The van der Waals surface area contributed by atoms with E-state index in [2.05, 4.69) is 4.84 Å². The lowest BCUT2D eigenvalue weighted by Gasteiger charge is -2.38. The Morgan fingerprint density at radius 1 is 1.17 bits per heavy atom. The SMILES string of the molecule is COC(=O)N(CC1(CC(=O)O)CCCCC1)OC(=O)c1ccc(CO[N+](=O)[O-])cc1. The number of benzene rings is 1. The summed E-state index contributed by atoms with van der Waals surface area (Å²) >= 11 is 0. The van der Waals surface area contributed by atoms with Crippen LogP contribution in [0.4, 0.5) is 4.79 Å². The fourth-order valence-electron chi connectivity index (χ4n) is 3.57. The summed E-state index contributed by atoms with van der Waals surface area (Å²) in [6.45, 7) is -0.360. The van der Waals surface area contributed by atoms with Crippen molar-refractivity contribution in [3.8, 4) is 0 Å². The third kappa shape index (κ3) is 6.61. The minimum atomic E-state index is -0.986. The Hall–Kier alpha value is -3.37. The summed E-state index contributed by atoms with van der Waals surface area (Å²) in [5.41, 5.74) is -0.136. The number of carboxylic acids is 1. The van der Waals surface area contributed by atoms with Crippen LogP contribution in [0.3, 0.4) is 0 Å². The van der Waals surface area contributed by atoms with Gasteiger partial charge in [-0.3, -0.25) is 4.79 Å². The monoisotopic (exact) mass is 424 g/mol. The Kier molecular flexibility index (Phi) is 7.96. The molecule has 1 aromatic carbocycles. The maximum absolute atomic E-state index is 12.5. The van der Waals surface area contributed by atoms with Gasteiger partial charge in [0.05, 0.1) is 25.6 Å². The number of carboxylic acid groups (broad SMARTS) is 1. The van der Waals surface area contributed by atoms with Gasteiger partial charge in [-0.1, -0.05) is 31.4 Å². The summed E-state index contributed by atoms with van der Waals surface area (Å²) in [4.78, 5) is 55.8. The van der Waals surface area contributed by atoms with E-state index < -0.39 is 28.5 Å². The maximum atomic E-state index is 12.5. The molecular weight excluding hydrogens is 400 g/mol. The highest BCUT2D eigenvalue weighted by molar-refractivity contribution is 5.90. The van der Waals surface area contributed by atoms with E-state index in [-0.39, 0.29) is 25.1 Å². The molecule has 1 aromatic rings. The molecule has 0 bridgehead atoms. The van der Waals surface area contributed by atoms with E-state index in [1.165, 1.54) is 24.3 Å². The van der Waals surface area contributed by atoms with Gasteiger partial charge in [-0.25, -0.2) is 9.59 Å². The van der Waals surface area contributed by atoms with Crippen molar-refractivity contribution in [2.45, 2.75) is 45.1 Å². The first-order valence-electron chi connectivity index (χ1n) is 9.40. The number of methoxy groups -OCH3 is 1. The highest BCUT2D eigenvalue weighted by Gasteiger charge is 2.39. The molecule has 0 radical (unpaired) electrons. The summed E-state index contributed by atoms with van der Waals surface area (Å²) in [5.74, 6) is -1.83. The number of amides is 1. The van der Waals surface area contributed by atoms with Gasteiger partial charge in [0.25, 0.3) is 5.09 Å². The number of ether oxygens (including phenoxy) is 1. The van der Waals surface area contributed by atoms with Gasteiger partial charge in [0.1, 0.15) is 6.61 Å². The molecule has 0 unspecified atom stereocenters. The average molecular weight is 424 g/mol. The van der Waals surface area contributed by atoms with Gasteiger partial charge in [0, 0.05) is 5.41 Å². The molecule has 1 aliphatic rings. The van der Waals surface area contributed by atoms with Gasteiger partial charge in [0.15, 0.2) is 0 Å². The van der Waals surface area contributed by atoms with E-state index in [4.69, 9.17) is 9.57 Å². The van der Waals surface area contributed by atoms with Gasteiger partial charge < -0.3 is 19.5 Å². The molecule has 1 amide bonds. The van der Waals surface area contributed by atoms with E-state index in [1.807, 2.05) is 0 Å². The zero-order valence-corrected chi connectivity index (χ0v) is 16.6. The third-order valence-corrected chi connectivity index (χ3v) is 5.02. The Morgan fingerprint density at radius 3 is 2.33 bits per heavy atom. The molecule has 0 heterocycles. The van der Waals surface area contributed by atoms with E-state index in [1.54, 1.807) is 0 Å². The van der Waals surface area contributed by atoms with E-state index in [0.717, 1.165) is 31.4 Å². The normalized spacial score (nSPS) is 15.0. The largest absolute Gasteiger partial charge is 0.481 e. The number of hydrogen-bond acceptors (Lipinski definition) is 8. The molecule has 0 aliphatic heterocycles. The molecule has 1 fully saturated rings.